The van der Waals surface area contributed by atoms with E-state index in [1.807, 2.05) is 0 Å². The van der Waals surface area contributed by atoms with Crippen molar-refractivity contribution in [3.05, 3.63) is 0 Å². The third-order valence-corrected chi connectivity index (χ3v) is 9.75. The highest BCUT2D eigenvalue weighted by molar-refractivity contribution is 5.87. The molecule has 48 heavy (non-hydrogen) atoms. The first kappa shape index (κ1) is 46.4. The molecule has 0 saturated heterocycles. The number of unbranched alkanes of at least 4 members (excludes halogenated alkanes) is 31. The number of hydrogen-bond donors (Lipinski definition) is 2. The molecule has 0 aromatic rings. The van der Waals surface area contributed by atoms with Gasteiger partial charge in [-0.05, 0) is 12.8 Å². The Hall–Kier alpha value is -1.59. The third-order valence-electron chi connectivity index (χ3n) is 9.75. The number of carbonyl (C=O) groups excluding carboxylic acids is 2. The van der Waals surface area contributed by atoms with Gasteiger partial charge in [-0.25, -0.2) is 4.79 Å². The Morgan fingerprint density at radius 2 is 0.750 bits per heavy atom. The van der Waals surface area contributed by atoms with Crippen molar-refractivity contribution in [1.29, 1.82) is 0 Å². The van der Waals surface area contributed by atoms with Crippen LogP contribution in [0.4, 0.5) is 0 Å². The average Bonchev–Trinajstić information content (AvgIpc) is 3.07. The summed E-state index contributed by atoms with van der Waals surface area (Å²) in [5.74, 6) is -2.01. The highest BCUT2D eigenvalue weighted by Crippen LogP contribution is 2.16. The smallest absolute Gasteiger partial charge is 0.329 e. The quantitative estimate of drug-likeness (QED) is 0.0498. The molecule has 0 saturated carbocycles. The molecule has 0 radical (unpaired) electrons. The van der Waals surface area contributed by atoms with Crippen molar-refractivity contribution >= 4 is 17.8 Å². The Bertz CT molecular complexity index is 712. The van der Waals surface area contributed by atoms with Gasteiger partial charge in [0.15, 0.2) is 0 Å². The number of aliphatic carboxylic acids is 1. The van der Waals surface area contributed by atoms with Gasteiger partial charge in [0.25, 0.3) is 0 Å². The van der Waals surface area contributed by atoms with Crippen molar-refractivity contribution in [1.82, 2.24) is 5.32 Å². The Morgan fingerprint density at radius 1 is 0.458 bits per heavy atom. The van der Waals surface area contributed by atoms with E-state index in [0.29, 0.717) is 6.42 Å². The average molecular weight is 680 g/mol. The van der Waals surface area contributed by atoms with Crippen molar-refractivity contribution in [3.8, 4) is 0 Å². The summed E-state index contributed by atoms with van der Waals surface area (Å²) < 4.78 is 5.35. The number of hydrogen-bond acceptors (Lipinski definition) is 4. The number of amides is 1. The van der Waals surface area contributed by atoms with Gasteiger partial charge in [-0.2, -0.15) is 0 Å². The molecule has 0 rings (SSSR count). The van der Waals surface area contributed by atoms with Crippen molar-refractivity contribution in [2.45, 2.75) is 245 Å². The second kappa shape index (κ2) is 38.2. The standard InChI is InChI=1S/C42H81NO5/c1-3-5-7-9-11-13-15-17-18-19-20-21-22-23-25-27-29-31-33-35-37-48-42(47)39(38-41(45)46)43-40(44)36-34-32-30-28-26-24-16-14-12-10-8-6-4-2/h39H,3-38H2,1-2H3,(H,43,44)(H,45,46)/t39-/m0/s1. The van der Waals surface area contributed by atoms with Crippen LogP contribution >= 0.6 is 0 Å². The van der Waals surface area contributed by atoms with Crippen LogP contribution in [0.5, 0.6) is 0 Å². The minimum absolute atomic E-state index is 0.264. The number of nitrogens with one attached hydrogen (secondary N) is 1. The Kier molecular flexibility index (Phi) is 36.9. The molecule has 2 N–H and O–H groups in total. The van der Waals surface area contributed by atoms with E-state index in [2.05, 4.69) is 19.2 Å². The number of carboxylic acid groups (broad SMARTS) is 1. The van der Waals surface area contributed by atoms with E-state index >= 15 is 0 Å². The summed E-state index contributed by atoms with van der Waals surface area (Å²) in [6, 6.07) is -1.11. The summed E-state index contributed by atoms with van der Waals surface area (Å²) in [5.41, 5.74) is 0. The highest BCUT2D eigenvalue weighted by Gasteiger charge is 2.25. The zero-order valence-electron chi connectivity index (χ0n) is 32.1. The molecule has 0 aromatic heterocycles. The maximum atomic E-state index is 12.5. The second-order valence-corrected chi connectivity index (χ2v) is 14.6. The summed E-state index contributed by atoms with van der Waals surface area (Å²) in [6.45, 7) is 4.81. The van der Waals surface area contributed by atoms with Gasteiger partial charge in [0.2, 0.25) is 5.91 Å². The van der Waals surface area contributed by atoms with Gasteiger partial charge in [0.05, 0.1) is 13.0 Å². The molecule has 0 aliphatic heterocycles. The topological polar surface area (TPSA) is 92.7 Å². The van der Waals surface area contributed by atoms with Crippen LogP contribution in [-0.4, -0.2) is 35.6 Å². The van der Waals surface area contributed by atoms with Crippen molar-refractivity contribution in [2.24, 2.45) is 0 Å². The SMILES string of the molecule is CCCCCCCCCCCCCCCCCCCCCCOC(=O)[C@H](CC(=O)O)NC(=O)CCCCCCCCCCCCCCC. The highest BCUT2D eigenvalue weighted by atomic mass is 16.5. The number of rotatable bonds is 39. The lowest BCUT2D eigenvalue weighted by Crippen LogP contribution is -2.43. The number of ether oxygens (including phenoxy) is 1. The second-order valence-electron chi connectivity index (χ2n) is 14.6. The molecule has 0 unspecified atom stereocenters. The molecule has 0 aliphatic carbocycles. The lowest BCUT2D eigenvalue weighted by atomic mass is 10.0. The molecule has 1 atom stereocenters. The fraction of sp³-hybridized carbons (Fsp3) is 0.929. The van der Waals surface area contributed by atoms with Gasteiger partial charge in [0.1, 0.15) is 6.04 Å². The van der Waals surface area contributed by atoms with Gasteiger partial charge in [-0.3, -0.25) is 9.59 Å². The lowest BCUT2D eigenvalue weighted by Gasteiger charge is -2.16. The molecular formula is C42H81NO5. The lowest BCUT2D eigenvalue weighted by molar-refractivity contribution is -0.151. The molecule has 0 heterocycles. The molecule has 6 heteroatoms. The van der Waals surface area contributed by atoms with Gasteiger partial charge < -0.3 is 15.2 Å². The van der Waals surface area contributed by atoms with E-state index in [-0.39, 0.29) is 12.5 Å². The van der Waals surface area contributed by atoms with Crippen molar-refractivity contribution < 1.29 is 24.2 Å². The van der Waals surface area contributed by atoms with E-state index in [0.717, 1.165) is 38.5 Å². The predicted octanol–water partition coefficient (Wildman–Crippen LogP) is 12.8. The van der Waals surface area contributed by atoms with Crippen LogP contribution in [0, 0.1) is 0 Å². The first-order valence-corrected chi connectivity index (χ1v) is 21.2. The Balaban J connectivity index is 3.66. The van der Waals surface area contributed by atoms with E-state index in [1.165, 1.54) is 173 Å². The van der Waals surface area contributed by atoms with Crippen LogP contribution in [0.3, 0.4) is 0 Å². The van der Waals surface area contributed by atoms with Crippen molar-refractivity contribution in [2.75, 3.05) is 6.61 Å². The summed E-state index contributed by atoms with van der Waals surface area (Å²) in [4.78, 5) is 36.2. The third kappa shape index (κ3) is 35.7. The predicted molar refractivity (Wildman–Crippen MR) is 203 cm³/mol. The maximum absolute atomic E-state index is 12.5. The summed E-state index contributed by atoms with van der Waals surface area (Å²) in [5, 5.41) is 11.8. The monoisotopic (exact) mass is 680 g/mol. The van der Waals surface area contributed by atoms with Gasteiger partial charge in [0, 0.05) is 6.42 Å². The molecular weight excluding hydrogens is 598 g/mol. The van der Waals surface area contributed by atoms with Crippen LogP contribution in [0.25, 0.3) is 0 Å². The van der Waals surface area contributed by atoms with Gasteiger partial charge >= 0.3 is 11.9 Å². The zero-order chi connectivity index (χ0) is 35.2. The van der Waals surface area contributed by atoms with Gasteiger partial charge in [-0.15, -0.1) is 0 Å². The van der Waals surface area contributed by atoms with E-state index in [1.54, 1.807) is 0 Å². The number of esters is 1. The maximum Gasteiger partial charge on any atom is 0.329 e. The van der Waals surface area contributed by atoms with Crippen LogP contribution in [0.1, 0.15) is 239 Å². The zero-order valence-corrected chi connectivity index (χ0v) is 32.1. The summed E-state index contributed by atoms with van der Waals surface area (Å²) >= 11 is 0. The molecule has 0 spiro atoms. The fourth-order valence-corrected chi connectivity index (χ4v) is 6.57. The number of carbonyl (C=O) groups is 3. The fourth-order valence-electron chi connectivity index (χ4n) is 6.57. The minimum atomic E-state index is -1.11. The minimum Gasteiger partial charge on any atom is -0.481 e. The Labute approximate surface area is 298 Å². The molecule has 1 amide bonds. The van der Waals surface area contributed by atoms with E-state index < -0.39 is 24.4 Å². The normalized spacial score (nSPS) is 11.9. The van der Waals surface area contributed by atoms with Crippen LogP contribution in [-0.2, 0) is 19.1 Å². The molecule has 0 bridgehead atoms. The van der Waals surface area contributed by atoms with E-state index in [9.17, 15) is 19.5 Å². The molecule has 0 aromatic carbocycles. The summed E-state index contributed by atoms with van der Waals surface area (Å²) in [6.07, 6.45) is 42.3. The number of carboxylic acids is 1. The largest absolute Gasteiger partial charge is 0.481 e. The Morgan fingerprint density at radius 3 is 1.06 bits per heavy atom. The van der Waals surface area contributed by atoms with Crippen LogP contribution in [0.2, 0.25) is 0 Å². The first-order valence-electron chi connectivity index (χ1n) is 21.2. The van der Waals surface area contributed by atoms with Crippen LogP contribution < -0.4 is 5.32 Å². The molecule has 0 aliphatic rings. The molecule has 6 nitrogen and oxygen atoms in total. The summed E-state index contributed by atoms with van der Waals surface area (Å²) in [7, 11) is 0. The van der Waals surface area contributed by atoms with Crippen LogP contribution in [0.15, 0.2) is 0 Å². The molecule has 284 valence electrons. The van der Waals surface area contributed by atoms with E-state index in [4.69, 9.17) is 4.74 Å². The van der Waals surface area contributed by atoms with Crippen molar-refractivity contribution in [3.63, 3.8) is 0 Å². The first-order chi connectivity index (χ1) is 23.5. The molecule has 0 fully saturated rings. The van der Waals surface area contributed by atoms with Gasteiger partial charge in [-0.1, -0.05) is 213 Å².